The van der Waals surface area contributed by atoms with Gasteiger partial charge in [0.2, 0.25) is 11.6 Å². The third-order valence-electron chi connectivity index (χ3n) is 6.84. The zero-order valence-corrected chi connectivity index (χ0v) is 18.2. The van der Waals surface area contributed by atoms with Gasteiger partial charge in [0.15, 0.2) is 5.75 Å². The molecule has 0 amide bonds. The van der Waals surface area contributed by atoms with E-state index in [1.165, 1.54) is 0 Å². The van der Waals surface area contributed by atoms with Crippen LogP contribution in [-0.4, -0.2) is 22.5 Å². The first-order chi connectivity index (χ1) is 12.6. The number of ketones is 2. The predicted octanol–water partition coefficient (Wildman–Crippen LogP) is 4.63. The second-order valence-corrected chi connectivity index (χ2v) is 9.69. The molecule has 2 aromatic rings. The Kier molecular flexibility index (Phi) is 3.96. The molecule has 0 N–H and O–H groups in total. The number of aromatic nitrogens is 1. The summed E-state index contributed by atoms with van der Waals surface area (Å²) in [6.45, 7) is 5.41. The Morgan fingerprint density at radius 1 is 1.11 bits per heavy atom. The minimum absolute atomic E-state index is 0.254. The Bertz CT molecular complexity index is 1050. The summed E-state index contributed by atoms with van der Waals surface area (Å²) in [7, 11) is 0. The molecule has 1 aromatic heterocycles. The second kappa shape index (κ2) is 5.70. The van der Waals surface area contributed by atoms with Crippen molar-refractivity contribution in [3.8, 4) is 5.75 Å². The van der Waals surface area contributed by atoms with Crippen molar-refractivity contribution < 1.29 is 19.1 Å². The van der Waals surface area contributed by atoms with E-state index < -0.39 is 33.8 Å². The van der Waals surface area contributed by atoms with Gasteiger partial charge in [0.1, 0.15) is 10.9 Å². The second-order valence-electron chi connectivity index (χ2n) is 7.98. The minimum Gasteiger partial charge on any atom is -0.422 e. The summed E-state index contributed by atoms with van der Waals surface area (Å²) < 4.78 is 7.12. The maximum atomic E-state index is 13.3. The number of rotatable bonds is 2. The van der Waals surface area contributed by atoms with Gasteiger partial charge in [0.25, 0.3) is 0 Å². The number of Topliss-reactive ketones (excluding diaryl/α,β-unsaturated/α-hetero) is 2. The fourth-order valence-electron chi connectivity index (χ4n) is 4.65. The maximum absolute atomic E-state index is 13.3. The third kappa shape index (κ3) is 2.10. The fraction of sp³-hybridized carbons (Fsp3) is 0.400. The lowest BCUT2D eigenvalue weighted by Gasteiger charge is -2.36. The van der Waals surface area contributed by atoms with E-state index in [0.717, 1.165) is 9.86 Å². The van der Waals surface area contributed by atoms with Gasteiger partial charge in [-0.05, 0) is 40.9 Å². The van der Waals surface area contributed by atoms with E-state index in [1.807, 2.05) is 19.9 Å². The van der Waals surface area contributed by atoms with Gasteiger partial charge in [0.05, 0.1) is 4.47 Å². The molecule has 2 aliphatic rings. The van der Waals surface area contributed by atoms with Gasteiger partial charge >= 0.3 is 5.97 Å². The number of esters is 1. The van der Waals surface area contributed by atoms with Crippen molar-refractivity contribution in [1.29, 1.82) is 0 Å². The van der Waals surface area contributed by atoms with Gasteiger partial charge < -0.3 is 4.74 Å². The summed E-state index contributed by atoms with van der Waals surface area (Å²) >= 11 is 6.90. The van der Waals surface area contributed by atoms with Crippen molar-refractivity contribution in [2.45, 2.75) is 33.6 Å². The van der Waals surface area contributed by atoms with Crippen LogP contribution in [0.1, 0.15) is 33.6 Å². The molecule has 0 saturated heterocycles. The van der Waals surface area contributed by atoms with Gasteiger partial charge in [-0.3, -0.25) is 19.4 Å². The molecule has 0 unspecified atom stereocenters. The van der Waals surface area contributed by atoms with Gasteiger partial charge in [-0.2, -0.15) is 0 Å². The third-order valence-corrected chi connectivity index (χ3v) is 8.08. The van der Waals surface area contributed by atoms with Gasteiger partial charge in [-0.15, -0.1) is 0 Å². The molecule has 2 atom stereocenters. The van der Waals surface area contributed by atoms with Gasteiger partial charge in [0, 0.05) is 26.9 Å². The topological polar surface area (TPSA) is 73.3 Å². The largest absolute Gasteiger partial charge is 0.422 e. The van der Waals surface area contributed by atoms with Gasteiger partial charge in [-0.25, -0.2) is 0 Å². The highest BCUT2D eigenvalue weighted by Gasteiger charge is 2.78. The van der Waals surface area contributed by atoms with Crippen LogP contribution in [-0.2, 0) is 14.4 Å². The molecule has 2 aliphatic carbocycles. The number of hydrogen-bond acceptors (Lipinski definition) is 5. The van der Waals surface area contributed by atoms with Crippen molar-refractivity contribution in [1.82, 2.24) is 4.98 Å². The average Bonchev–Trinajstić information content (AvgIpc) is 2.90. The SMILES string of the molecule is CC1(C)[C@@]2(C(=O)Oc3c(Br)cc(Br)c4cccnc34)CC[C@]1(C)C(=O)C2=O. The van der Waals surface area contributed by atoms with Crippen molar-refractivity contribution in [3.63, 3.8) is 0 Å². The number of carbonyl (C=O) groups excluding carboxylic acids is 3. The van der Waals surface area contributed by atoms with Crippen LogP contribution in [0.3, 0.4) is 0 Å². The van der Waals surface area contributed by atoms with Crippen LogP contribution in [0, 0.1) is 16.2 Å². The Morgan fingerprint density at radius 2 is 1.81 bits per heavy atom. The summed E-state index contributed by atoms with van der Waals surface area (Å²) in [5, 5.41) is 0.783. The van der Waals surface area contributed by atoms with Crippen LogP contribution < -0.4 is 4.74 Å². The number of nitrogens with zero attached hydrogens (tertiary/aromatic N) is 1. The quantitative estimate of drug-likeness (QED) is 0.263. The van der Waals surface area contributed by atoms with Crippen LogP contribution in [0.2, 0.25) is 0 Å². The van der Waals surface area contributed by atoms with Crippen LogP contribution in [0.25, 0.3) is 10.9 Å². The Morgan fingerprint density at radius 3 is 2.44 bits per heavy atom. The lowest BCUT2D eigenvalue weighted by Crippen LogP contribution is -2.47. The zero-order chi connectivity index (χ0) is 19.8. The summed E-state index contributed by atoms with van der Waals surface area (Å²) in [5.41, 5.74) is -2.60. The summed E-state index contributed by atoms with van der Waals surface area (Å²) in [6, 6.07) is 5.42. The van der Waals surface area contributed by atoms with Crippen molar-refractivity contribution >= 4 is 60.3 Å². The molecule has 0 spiro atoms. The fourth-order valence-corrected chi connectivity index (χ4v) is 6.00. The smallest absolute Gasteiger partial charge is 0.326 e. The lowest BCUT2D eigenvalue weighted by molar-refractivity contribution is -0.157. The highest BCUT2D eigenvalue weighted by molar-refractivity contribution is 9.11. The number of benzene rings is 1. The number of hydrogen-bond donors (Lipinski definition) is 0. The van der Waals surface area contributed by atoms with Crippen LogP contribution >= 0.6 is 31.9 Å². The Hall–Kier alpha value is -1.60. The molecule has 140 valence electrons. The number of ether oxygens (including phenoxy) is 1. The summed E-state index contributed by atoms with van der Waals surface area (Å²) in [6.07, 6.45) is 2.43. The molecule has 2 saturated carbocycles. The molecule has 1 heterocycles. The summed E-state index contributed by atoms with van der Waals surface area (Å²) in [4.78, 5) is 43.1. The molecular formula is C20H17Br2NO4. The van der Waals surface area contributed by atoms with E-state index in [-0.39, 0.29) is 5.75 Å². The first kappa shape index (κ1) is 18.7. The van der Waals surface area contributed by atoms with Crippen molar-refractivity contribution in [2.75, 3.05) is 0 Å². The van der Waals surface area contributed by atoms with E-state index in [9.17, 15) is 14.4 Å². The molecule has 1 aromatic carbocycles. The molecule has 27 heavy (non-hydrogen) atoms. The van der Waals surface area contributed by atoms with E-state index in [4.69, 9.17) is 4.74 Å². The first-order valence-electron chi connectivity index (χ1n) is 8.62. The zero-order valence-electron chi connectivity index (χ0n) is 15.1. The van der Waals surface area contributed by atoms with Crippen molar-refractivity contribution in [2.24, 2.45) is 16.2 Å². The summed E-state index contributed by atoms with van der Waals surface area (Å²) in [5.74, 6) is -1.52. The minimum atomic E-state index is -1.45. The molecule has 2 fully saturated rings. The number of pyridine rings is 1. The molecule has 5 nitrogen and oxygen atoms in total. The van der Waals surface area contributed by atoms with Crippen LogP contribution in [0.5, 0.6) is 5.75 Å². The normalized spacial score (nSPS) is 28.8. The molecule has 4 rings (SSSR count). The van der Waals surface area contributed by atoms with E-state index >= 15 is 0 Å². The number of fused-ring (bicyclic) bond motifs is 3. The monoisotopic (exact) mass is 493 g/mol. The molecular weight excluding hydrogens is 478 g/mol. The van der Waals surface area contributed by atoms with Crippen LogP contribution in [0.15, 0.2) is 33.3 Å². The first-order valence-corrected chi connectivity index (χ1v) is 10.2. The van der Waals surface area contributed by atoms with Crippen molar-refractivity contribution in [3.05, 3.63) is 33.3 Å². The Balaban J connectivity index is 1.84. The number of halogens is 2. The highest BCUT2D eigenvalue weighted by Crippen LogP contribution is 2.69. The van der Waals surface area contributed by atoms with E-state index in [1.54, 1.807) is 25.3 Å². The highest BCUT2D eigenvalue weighted by atomic mass is 79.9. The standard InChI is InChI=1S/C20H17Br2NO4/c1-18(2)19(3)6-7-20(18,16(25)15(19)24)17(26)27-14-12(22)9-11(21)10-5-4-8-23-13(10)14/h4-5,8-9H,6-7H2,1-3H3/t19-,20+/m1/s1. The Labute approximate surface area is 173 Å². The lowest BCUT2D eigenvalue weighted by atomic mass is 9.65. The molecule has 0 aliphatic heterocycles. The predicted molar refractivity (Wildman–Crippen MR) is 106 cm³/mol. The maximum Gasteiger partial charge on any atom is 0.326 e. The molecule has 7 heteroatoms. The van der Waals surface area contributed by atoms with E-state index in [0.29, 0.717) is 22.8 Å². The molecule has 2 bridgehead atoms. The molecule has 0 radical (unpaired) electrons. The van der Waals surface area contributed by atoms with E-state index in [2.05, 4.69) is 36.8 Å². The number of carbonyl (C=O) groups is 3. The van der Waals surface area contributed by atoms with Gasteiger partial charge in [-0.1, -0.05) is 42.8 Å². The van der Waals surface area contributed by atoms with Crippen LogP contribution in [0.4, 0.5) is 0 Å². The average molecular weight is 495 g/mol.